The highest BCUT2D eigenvalue weighted by molar-refractivity contribution is 6.30. The van der Waals surface area contributed by atoms with Crippen LogP contribution in [0.4, 0.5) is 17.5 Å². The number of rotatable bonds is 7. The molecule has 134 valence electrons. The lowest BCUT2D eigenvalue weighted by atomic mass is 10.2. The number of ether oxygens (including phenoxy) is 2. The highest BCUT2D eigenvalue weighted by Crippen LogP contribution is 2.31. The minimum atomic E-state index is 0.525. The van der Waals surface area contributed by atoms with Crippen LogP contribution in [0.25, 0.3) is 0 Å². The second-order valence-electron chi connectivity index (χ2n) is 5.44. The average Bonchev–Trinajstić information content (AvgIpc) is 2.68. The van der Waals surface area contributed by atoms with E-state index in [9.17, 15) is 0 Å². The van der Waals surface area contributed by atoms with Crippen LogP contribution < -0.4 is 20.1 Å². The molecule has 2 aromatic carbocycles. The average molecular weight is 371 g/mol. The van der Waals surface area contributed by atoms with Gasteiger partial charge in [-0.15, -0.1) is 0 Å². The van der Waals surface area contributed by atoms with Crippen molar-refractivity contribution in [1.82, 2.24) is 9.97 Å². The van der Waals surface area contributed by atoms with E-state index >= 15 is 0 Å². The van der Waals surface area contributed by atoms with E-state index in [1.807, 2.05) is 42.5 Å². The molecule has 0 saturated carbocycles. The first-order chi connectivity index (χ1) is 12.7. The smallest absolute Gasteiger partial charge is 0.224 e. The molecule has 0 spiro atoms. The van der Waals surface area contributed by atoms with Crippen molar-refractivity contribution in [1.29, 1.82) is 0 Å². The van der Waals surface area contributed by atoms with Gasteiger partial charge in [0.2, 0.25) is 5.95 Å². The van der Waals surface area contributed by atoms with Crippen molar-refractivity contribution in [3.63, 3.8) is 0 Å². The first-order valence-electron chi connectivity index (χ1n) is 7.98. The molecule has 0 amide bonds. The lowest BCUT2D eigenvalue weighted by molar-refractivity contribution is 0.395. The van der Waals surface area contributed by atoms with Crippen LogP contribution in [-0.2, 0) is 6.54 Å². The minimum absolute atomic E-state index is 0.525. The highest BCUT2D eigenvalue weighted by atomic mass is 35.5. The molecule has 0 saturated heterocycles. The summed E-state index contributed by atoms with van der Waals surface area (Å²) in [5.74, 6) is 2.57. The summed E-state index contributed by atoms with van der Waals surface area (Å²) in [6, 6.07) is 15.0. The molecule has 0 aliphatic carbocycles. The monoisotopic (exact) mass is 370 g/mol. The third-order valence-electron chi connectivity index (χ3n) is 3.69. The number of benzene rings is 2. The Hall–Kier alpha value is -2.99. The van der Waals surface area contributed by atoms with Crippen molar-refractivity contribution in [2.45, 2.75) is 6.54 Å². The van der Waals surface area contributed by atoms with Gasteiger partial charge in [0.15, 0.2) is 0 Å². The third kappa shape index (κ3) is 4.55. The summed E-state index contributed by atoms with van der Waals surface area (Å²) in [7, 11) is 3.23. The first kappa shape index (κ1) is 17.8. The van der Waals surface area contributed by atoms with Gasteiger partial charge in [-0.05, 0) is 35.9 Å². The summed E-state index contributed by atoms with van der Waals surface area (Å²) in [5.41, 5.74) is 1.88. The molecule has 0 radical (unpaired) electrons. The van der Waals surface area contributed by atoms with Gasteiger partial charge < -0.3 is 20.1 Å². The molecular weight excluding hydrogens is 352 g/mol. The Balaban J connectivity index is 1.70. The Labute approximate surface area is 157 Å². The number of nitrogens with one attached hydrogen (secondary N) is 2. The quantitative estimate of drug-likeness (QED) is 0.638. The Bertz CT molecular complexity index is 872. The Morgan fingerprint density at radius 2 is 1.81 bits per heavy atom. The number of halogens is 1. The number of hydrogen-bond acceptors (Lipinski definition) is 6. The second kappa shape index (κ2) is 8.40. The number of hydrogen-bond donors (Lipinski definition) is 2. The highest BCUT2D eigenvalue weighted by Gasteiger charge is 2.07. The number of anilines is 3. The summed E-state index contributed by atoms with van der Waals surface area (Å²) in [4.78, 5) is 8.72. The van der Waals surface area contributed by atoms with Gasteiger partial charge >= 0.3 is 0 Å². The van der Waals surface area contributed by atoms with Gasteiger partial charge in [0.1, 0.15) is 17.3 Å². The Kier molecular flexibility index (Phi) is 5.76. The fraction of sp³-hybridized carbons (Fsp3) is 0.158. The van der Waals surface area contributed by atoms with Crippen molar-refractivity contribution < 1.29 is 9.47 Å². The van der Waals surface area contributed by atoms with Crippen LogP contribution in [0.1, 0.15) is 5.56 Å². The molecule has 1 heterocycles. The first-order valence-corrected chi connectivity index (χ1v) is 8.36. The molecule has 0 unspecified atom stereocenters. The lowest BCUT2D eigenvalue weighted by Gasteiger charge is -2.12. The summed E-state index contributed by atoms with van der Waals surface area (Å²) in [5, 5.41) is 7.14. The molecule has 0 atom stereocenters. The normalized spacial score (nSPS) is 10.3. The van der Waals surface area contributed by atoms with E-state index in [1.165, 1.54) is 0 Å². The van der Waals surface area contributed by atoms with Gasteiger partial charge in [-0.1, -0.05) is 23.7 Å². The predicted molar refractivity (Wildman–Crippen MR) is 104 cm³/mol. The molecule has 0 aliphatic heterocycles. The number of nitrogens with zero attached hydrogens (tertiary/aromatic N) is 2. The molecular formula is C19H19ClN4O2. The van der Waals surface area contributed by atoms with Crippen LogP contribution in [0.5, 0.6) is 11.5 Å². The van der Waals surface area contributed by atoms with Crippen molar-refractivity contribution in [2.24, 2.45) is 0 Å². The van der Waals surface area contributed by atoms with Crippen LogP contribution in [-0.4, -0.2) is 24.2 Å². The molecule has 0 aliphatic rings. The van der Waals surface area contributed by atoms with Gasteiger partial charge in [-0.2, -0.15) is 4.98 Å². The standard InChI is InChI=1S/C19H19ClN4O2/c1-25-15-7-8-16(17(11-15)26-2)23-18-9-10-21-19(24-18)22-12-13-3-5-14(20)6-4-13/h3-11H,12H2,1-2H3,(H2,21,22,23,24). The van der Waals surface area contributed by atoms with Crippen LogP contribution in [0.15, 0.2) is 54.7 Å². The summed E-state index contributed by atoms with van der Waals surface area (Å²) < 4.78 is 10.6. The van der Waals surface area contributed by atoms with Crippen LogP contribution >= 0.6 is 11.6 Å². The molecule has 26 heavy (non-hydrogen) atoms. The fourth-order valence-electron chi connectivity index (χ4n) is 2.34. The summed E-state index contributed by atoms with van der Waals surface area (Å²) >= 11 is 5.90. The van der Waals surface area contributed by atoms with E-state index in [1.54, 1.807) is 26.5 Å². The summed E-state index contributed by atoms with van der Waals surface area (Å²) in [6.45, 7) is 0.604. The molecule has 3 aromatic rings. The van der Waals surface area contributed by atoms with Crippen molar-refractivity contribution in [2.75, 3.05) is 24.9 Å². The van der Waals surface area contributed by atoms with E-state index in [0.29, 0.717) is 29.1 Å². The Morgan fingerprint density at radius 1 is 1.00 bits per heavy atom. The molecule has 0 fully saturated rings. The third-order valence-corrected chi connectivity index (χ3v) is 3.94. The van der Waals surface area contributed by atoms with Gasteiger partial charge in [0, 0.05) is 23.8 Å². The van der Waals surface area contributed by atoms with Crippen LogP contribution in [0, 0.1) is 0 Å². The predicted octanol–water partition coefficient (Wildman–Crippen LogP) is 4.50. The van der Waals surface area contributed by atoms with Crippen molar-refractivity contribution in [3.8, 4) is 11.5 Å². The van der Waals surface area contributed by atoms with Gasteiger partial charge in [-0.25, -0.2) is 4.98 Å². The topological polar surface area (TPSA) is 68.3 Å². The van der Waals surface area contributed by atoms with Crippen LogP contribution in [0.3, 0.4) is 0 Å². The maximum absolute atomic E-state index is 5.90. The zero-order valence-electron chi connectivity index (χ0n) is 14.5. The fourth-order valence-corrected chi connectivity index (χ4v) is 2.46. The van der Waals surface area contributed by atoms with Crippen molar-refractivity contribution >= 4 is 29.1 Å². The van der Waals surface area contributed by atoms with Gasteiger partial charge in [0.25, 0.3) is 0 Å². The van der Waals surface area contributed by atoms with E-state index in [2.05, 4.69) is 20.6 Å². The zero-order valence-corrected chi connectivity index (χ0v) is 15.2. The zero-order chi connectivity index (χ0) is 18.4. The SMILES string of the molecule is COc1ccc(Nc2ccnc(NCc3ccc(Cl)cc3)n2)c(OC)c1. The largest absolute Gasteiger partial charge is 0.497 e. The maximum atomic E-state index is 5.90. The van der Waals surface area contributed by atoms with E-state index in [0.717, 1.165) is 17.0 Å². The van der Waals surface area contributed by atoms with E-state index in [4.69, 9.17) is 21.1 Å². The molecule has 7 heteroatoms. The van der Waals surface area contributed by atoms with E-state index in [-0.39, 0.29) is 0 Å². The molecule has 0 bridgehead atoms. The van der Waals surface area contributed by atoms with Gasteiger partial charge in [-0.3, -0.25) is 0 Å². The van der Waals surface area contributed by atoms with Crippen LogP contribution in [0.2, 0.25) is 5.02 Å². The lowest BCUT2D eigenvalue weighted by Crippen LogP contribution is -2.05. The van der Waals surface area contributed by atoms with E-state index < -0.39 is 0 Å². The summed E-state index contributed by atoms with van der Waals surface area (Å²) in [6.07, 6.45) is 1.69. The maximum Gasteiger partial charge on any atom is 0.224 e. The molecule has 1 aromatic heterocycles. The number of methoxy groups -OCH3 is 2. The second-order valence-corrected chi connectivity index (χ2v) is 5.87. The Morgan fingerprint density at radius 3 is 2.54 bits per heavy atom. The molecule has 6 nitrogen and oxygen atoms in total. The van der Waals surface area contributed by atoms with Crippen molar-refractivity contribution in [3.05, 3.63) is 65.3 Å². The molecule has 2 N–H and O–H groups in total. The minimum Gasteiger partial charge on any atom is -0.497 e. The molecule has 3 rings (SSSR count). The van der Waals surface area contributed by atoms with Gasteiger partial charge in [0.05, 0.1) is 19.9 Å². The number of aromatic nitrogens is 2.